The highest BCUT2D eigenvalue weighted by Gasteiger charge is 2.15. The Bertz CT molecular complexity index is 380. The molecule has 2 rings (SSSR count). The summed E-state index contributed by atoms with van der Waals surface area (Å²) in [6.45, 7) is 1.55. The molecule has 4 heteroatoms. The number of hydrogen-bond donors (Lipinski definition) is 1. The van der Waals surface area contributed by atoms with E-state index in [9.17, 15) is 4.79 Å². The zero-order valence-corrected chi connectivity index (χ0v) is 8.69. The fourth-order valence-electron chi connectivity index (χ4n) is 1.88. The van der Waals surface area contributed by atoms with E-state index in [1.54, 1.807) is 16.8 Å². The van der Waals surface area contributed by atoms with Crippen LogP contribution in [0.4, 0.5) is 5.69 Å². The van der Waals surface area contributed by atoms with E-state index >= 15 is 0 Å². The van der Waals surface area contributed by atoms with Gasteiger partial charge in [-0.2, -0.15) is 0 Å². The molecule has 0 spiro atoms. The van der Waals surface area contributed by atoms with Gasteiger partial charge in [0, 0.05) is 31.1 Å². The quantitative estimate of drug-likeness (QED) is 0.806. The van der Waals surface area contributed by atoms with Crippen molar-refractivity contribution in [3.8, 4) is 0 Å². The lowest BCUT2D eigenvalue weighted by atomic mass is 10.2. The summed E-state index contributed by atoms with van der Waals surface area (Å²) >= 11 is 0. The third-order valence-electron chi connectivity index (χ3n) is 2.72. The molecular formula is C11H16N2O2. The van der Waals surface area contributed by atoms with Crippen molar-refractivity contribution >= 4 is 5.69 Å². The number of aromatic nitrogens is 1. The normalized spacial score (nSPS) is 20.7. The van der Waals surface area contributed by atoms with Crippen LogP contribution in [0, 0.1) is 0 Å². The van der Waals surface area contributed by atoms with Crippen LogP contribution in [-0.2, 0) is 11.3 Å². The minimum atomic E-state index is 0.00203. The molecule has 0 saturated carbocycles. The Balaban J connectivity index is 1.97. The first kappa shape index (κ1) is 10.2. The number of ether oxygens (including phenoxy) is 1. The Kier molecular flexibility index (Phi) is 3.06. The van der Waals surface area contributed by atoms with Crippen molar-refractivity contribution in [3.05, 3.63) is 28.7 Å². The van der Waals surface area contributed by atoms with E-state index in [-0.39, 0.29) is 5.56 Å². The van der Waals surface area contributed by atoms with Gasteiger partial charge in [0.1, 0.15) is 0 Å². The van der Waals surface area contributed by atoms with Crippen molar-refractivity contribution in [3.63, 3.8) is 0 Å². The average Bonchev–Trinajstić information content (AvgIpc) is 2.72. The van der Waals surface area contributed by atoms with Crippen LogP contribution < -0.4 is 11.3 Å². The molecule has 0 aromatic carbocycles. The molecule has 0 radical (unpaired) electrons. The van der Waals surface area contributed by atoms with Crippen molar-refractivity contribution in [2.24, 2.45) is 0 Å². The summed E-state index contributed by atoms with van der Waals surface area (Å²) in [5.41, 5.74) is 6.25. The largest absolute Gasteiger partial charge is 0.398 e. The van der Waals surface area contributed by atoms with Crippen LogP contribution in [0.3, 0.4) is 0 Å². The molecular weight excluding hydrogens is 192 g/mol. The number of rotatable bonds is 3. The average molecular weight is 208 g/mol. The molecule has 1 saturated heterocycles. The third kappa shape index (κ3) is 2.59. The van der Waals surface area contributed by atoms with Crippen molar-refractivity contribution in [1.29, 1.82) is 0 Å². The maximum atomic E-state index is 11.4. The molecule has 15 heavy (non-hydrogen) atoms. The predicted octanol–water partition coefficient (Wildman–Crippen LogP) is 1.000. The highest BCUT2D eigenvalue weighted by atomic mass is 16.5. The smallest absolute Gasteiger partial charge is 0.250 e. The number of nitrogens with zero attached hydrogens (tertiary/aromatic N) is 1. The van der Waals surface area contributed by atoms with Gasteiger partial charge in [-0.15, -0.1) is 0 Å². The highest BCUT2D eigenvalue weighted by molar-refractivity contribution is 5.33. The van der Waals surface area contributed by atoms with Crippen LogP contribution in [0.5, 0.6) is 0 Å². The van der Waals surface area contributed by atoms with E-state index in [1.165, 1.54) is 6.07 Å². The number of hydrogen-bond acceptors (Lipinski definition) is 3. The molecule has 1 aliphatic heterocycles. The molecule has 1 aromatic heterocycles. The Morgan fingerprint density at radius 1 is 1.53 bits per heavy atom. The zero-order valence-electron chi connectivity index (χ0n) is 8.69. The summed E-state index contributed by atoms with van der Waals surface area (Å²) in [6.07, 6.45) is 5.15. The SMILES string of the molecule is Nc1ccc(=O)n(CCC2CCCO2)c1. The van der Waals surface area contributed by atoms with Gasteiger partial charge in [0.25, 0.3) is 5.56 Å². The Morgan fingerprint density at radius 3 is 3.13 bits per heavy atom. The molecule has 1 unspecified atom stereocenters. The minimum Gasteiger partial charge on any atom is -0.398 e. The van der Waals surface area contributed by atoms with Crippen LogP contribution in [0.2, 0.25) is 0 Å². The van der Waals surface area contributed by atoms with Crippen LogP contribution in [0.15, 0.2) is 23.1 Å². The fraction of sp³-hybridized carbons (Fsp3) is 0.545. The Labute approximate surface area is 88.7 Å². The molecule has 1 aromatic rings. The van der Waals surface area contributed by atoms with Gasteiger partial charge in [0.2, 0.25) is 0 Å². The highest BCUT2D eigenvalue weighted by Crippen LogP contribution is 2.15. The molecule has 82 valence electrons. The first-order chi connectivity index (χ1) is 7.25. The molecule has 2 heterocycles. The Hall–Kier alpha value is -1.29. The predicted molar refractivity (Wildman–Crippen MR) is 58.7 cm³/mol. The van der Waals surface area contributed by atoms with Gasteiger partial charge in [-0.25, -0.2) is 0 Å². The standard InChI is InChI=1S/C11H16N2O2/c12-9-3-4-11(14)13(8-9)6-5-10-2-1-7-15-10/h3-4,8,10H,1-2,5-7,12H2. The van der Waals surface area contributed by atoms with E-state index in [0.717, 1.165) is 25.9 Å². The van der Waals surface area contributed by atoms with E-state index in [2.05, 4.69) is 0 Å². The summed E-state index contributed by atoms with van der Waals surface area (Å²) in [4.78, 5) is 11.4. The van der Waals surface area contributed by atoms with Crippen molar-refractivity contribution < 1.29 is 4.74 Å². The topological polar surface area (TPSA) is 57.2 Å². The van der Waals surface area contributed by atoms with E-state index in [1.807, 2.05) is 0 Å². The monoisotopic (exact) mass is 208 g/mol. The first-order valence-corrected chi connectivity index (χ1v) is 5.33. The number of anilines is 1. The van der Waals surface area contributed by atoms with Gasteiger partial charge in [0.15, 0.2) is 0 Å². The van der Waals surface area contributed by atoms with Gasteiger partial charge >= 0.3 is 0 Å². The molecule has 1 aliphatic rings. The summed E-state index contributed by atoms with van der Waals surface area (Å²) < 4.78 is 7.15. The molecule has 2 N–H and O–H groups in total. The molecule has 1 fully saturated rings. The zero-order chi connectivity index (χ0) is 10.7. The van der Waals surface area contributed by atoms with Crippen molar-refractivity contribution in [2.75, 3.05) is 12.3 Å². The van der Waals surface area contributed by atoms with Crippen LogP contribution >= 0.6 is 0 Å². The fourth-order valence-corrected chi connectivity index (χ4v) is 1.88. The second-order valence-electron chi connectivity index (χ2n) is 3.92. The molecule has 0 amide bonds. The molecule has 0 aliphatic carbocycles. The first-order valence-electron chi connectivity index (χ1n) is 5.33. The van der Waals surface area contributed by atoms with Gasteiger partial charge in [0.05, 0.1) is 6.10 Å². The molecule has 0 bridgehead atoms. The maximum Gasteiger partial charge on any atom is 0.250 e. The third-order valence-corrected chi connectivity index (χ3v) is 2.72. The lowest BCUT2D eigenvalue weighted by molar-refractivity contribution is 0.100. The van der Waals surface area contributed by atoms with E-state index < -0.39 is 0 Å². The number of nitrogen functional groups attached to an aromatic ring is 1. The van der Waals surface area contributed by atoms with Gasteiger partial charge in [-0.1, -0.05) is 0 Å². The van der Waals surface area contributed by atoms with Crippen LogP contribution in [-0.4, -0.2) is 17.3 Å². The van der Waals surface area contributed by atoms with E-state index in [0.29, 0.717) is 18.3 Å². The lowest BCUT2D eigenvalue weighted by Crippen LogP contribution is -2.21. The van der Waals surface area contributed by atoms with Gasteiger partial charge in [-0.05, 0) is 25.3 Å². The minimum absolute atomic E-state index is 0.00203. The van der Waals surface area contributed by atoms with Crippen molar-refractivity contribution in [2.45, 2.75) is 31.9 Å². The maximum absolute atomic E-state index is 11.4. The summed E-state index contributed by atoms with van der Waals surface area (Å²) in [6, 6.07) is 3.13. The summed E-state index contributed by atoms with van der Waals surface area (Å²) in [7, 11) is 0. The van der Waals surface area contributed by atoms with Crippen LogP contribution in [0.25, 0.3) is 0 Å². The number of nitrogens with two attached hydrogens (primary N) is 1. The second-order valence-corrected chi connectivity index (χ2v) is 3.92. The lowest BCUT2D eigenvalue weighted by Gasteiger charge is -2.10. The summed E-state index contributed by atoms with van der Waals surface area (Å²) in [5.74, 6) is 0. The van der Waals surface area contributed by atoms with E-state index in [4.69, 9.17) is 10.5 Å². The van der Waals surface area contributed by atoms with Crippen LogP contribution in [0.1, 0.15) is 19.3 Å². The van der Waals surface area contributed by atoms with Gasteiger partial charge in [-0.3, -0.25) is 4.79 Å². The number of aryl methyl sites for hydroxylation is 1. The summed E-state index contributed by atoms with van der Waals surface area (Å²) in [5, 5.41) is 0. The molecule has 1 atom stereocenters. The Morgan fingerprint density at radius 2 is 2.40 bits per heavy atom. The van der Waals surface area contributed by atoms with Gasteiger partial charge < -0.3 is 15.0 Å². The number of pyridine rings is 1. The second kappa shape index (κ2) is 4.49. The van der Waals surface area contributed by atoms with Crippen molar-refractivity contribution in [1.82, 2.24) is 4.57 Å². The molecule has 4 nitrogen and oxygen atoms in total.